The number of hydrogen-bond acceptors (Lipinski definition) is 6. The minimum Gasteiger partial charge on any atom is -0.342 e. The predicted octanol–water partition coefficient (Wildman–Crippen LogP) is 4.30. The summed E-state index contributed by atoms with van der Waals surface area (Å²) in [6, 6.07) is 5.61. The van der Waals surface area contributed by atoms with E-state index in [4.69, 9.17) is 28.2 Å². The molecule has 2 aliphatic rings. The van der Waals surface area contributed by atoms with Gasteiger partial charge in [0.15, 0.2) is 5.65 Å². The van der Waals surface area contributed by atoms with E-state index >= 15 is 0 Å². The summed E-state index contributed by atoms with van der Waals surface area (Å²) < 4.78 is 1.97. The van der Waals surface area contributed by atoms with E-state index in [0.29, 0.717) is 15.6 Å². The van der Waals surface area contributed by atoms with Gasteiger partial charge in [0.05, 0.1) is 14.9 Å². The number of fused-ring (bicyclic) bond motifs is 1. The van der Waals surface area contributed by atoms with Crippen LogP contribution in [0.3, 0.4) is 0 Å². The number of benzene rings is 1. The summed E-state index contributed by atoms with van der Waals surface area (Å²) in [6.45, 7) is 3.12. The third-order valence-corrected chi connectivity index (χ3v) is 7.75. The van der Waals surface area contributed by atoms with Crippen molar-refractivity contribution in [2.75, 3.05) is 24.5 Å². The van der Waals surface area contributed by atoms with Crippen molar-refractivity contribution in [3.63, 3.8) is 0 Å². The lowest BCUT2D eigenvalue weighted by molar-refractivity contribution is 0.295. The highest BCUT2D eigenvalue weighted by Crippen LogP contribution is 2.39. The molecular formula is C19H20Cl2N6S. The summed E-state index contributed by atoms with van der Waals surface area (Å²) >= 11 is 14.0. The topological polar surface area (TPSA) is 58.4 Å². The lowest BCUT2D eigenvalue weighted by atomic mass is 9.86. The monoisotopic (exact) mass is 434 g/mol. The van der Waals surface area contributed by atoms with Crippen molar-refractivity contribution in [1.29, 1.82) is 0 Å². The maximum atomic E-state index is 6.35. The Morgan fingerprint density at radius 3 is 2.75 bits per heavy atom. The van der Waals surface area contributed by atoms with Gasteiger partial charge in [0.25, 0.3) is 0 Å². The van der Waals surface area contributed by atoms with E-state index in [-0.39, 0.29) is 0 Å². The normalized spacial score (nSPS) is 19.0. The summed E-state index contributed by atoms with van der Waals surface area (Å²) in [5, 5.41) is 13.3. The van der Waals surface area contributed by atoms with E-state index in [2.05, 4.69) is 20.4 Å². The average molecular weight is 435 g/mol. The molecule has 0 saturated carbocycles. The minimum absolute atomic E-state index is 0.335. The van der Waals surface area contributed by atoms with Gasteiger partial charge in [-0.05, 0) is 44.4 Å². The SMILES string of the molecule is Clc1cccc(Sc2cnc(N3CCC4(CCCN4)CC3)n3cnnc23)c1Cl. The first kappa shape index (κ1) is 18.5. The molecule has 1 spiro atoms. The van der Waals surface area contributed by atoms with Crippen LogP contribution in [0.15, 0.2) is 40.5 Å². The molecule has 4 heterocycles. The molecule has 0 radical (unpaired) electrons. The average Bonchev–Trinajstić information content (AvgIpc) is 3.37. The molecule has 2 aliphatic heterocycles. The molecule has 0 unspecified atom stereocenters. The van der Waals surface area contributed by atoms with E-state index in [1.54, 1.807) is 12.4 Å². The fourth-order valence-corrected chi connectivity index (χ4v) is 5.59. The first-order valence-corrected chi connectivity index (χ1v) is 11.0. The molecule has 0 atom stereocenters. The van der Waals surface area contributed by atoms with Gasteiger partial charge in [-0.15, -0.1) is 10.2 Å². The Labute approximate surface area is 177 Å². The number of nitrogens with one attached hydrogen (secondary N) is 1. The molecule has 1 N–H and O–H groups in total. The van der Waals surface area contributed by atoms with Crippen molar-refractivity contribution in [2.45, 2.75) is 41.0 Å². The first-order chi connectivity index (χ1) is 13.7. The second-order valence-corrected chi connectivity index (χ2v) is 9.27. The minimum atomic E-state index is 0.335. The highest BCUT2D eigenvalue weighted by Gasteiger charge is 2.37. The summed E-state index contributed by atoms with van der Waals surface area (Å²) in [6.07, 6.45) is 8.46. The molecule has 5 rings (SSSR count). The summed E-state index contributed by atoms with van der Waals surface area (Å²) in [7, 11) is 0. The molecule has 0 bridgehead atoms. The van der Waals surface area contributed by atoms with Crippen molar-refractivity contribution >= 4 is 46.6 Å². The Morgan fingerprint density at radius 1 is 1.11 bits per heavy atom. The summed E-state index contributed by atoms with van der Waals surface area (Å²) in [4.78, 5) is 8.87. The zero-order valence-corrected chi connectivity index (χ0v) is 17.6. The molecular weight excluding hydrogens is 415 g/mol. The van der Waals surface area contributed by atoms with Gasteiger partial charge in [0.2, 0.25) is 5.95 Å². The molecule has 146 valence electrons. The van der Waals surface area contributed by atoms with E-state index < -0.39 is 0 Å². The van der Waals surface area contributed by atoms with Crippen molar-refractivity contribution < 1.29 is 0 Å². The van der Waals surface area contributed by atoms with Crippen LogP contribution >= 0.6 is 35.0 Å². The number of nitrogens with zero attached hydrogens (tertiary/aromatic N) is 5. The van der Waals surface area contributed by atoms with Gasteiger partial charge in [-0.25, -0.2) is 9.38 Å². The van der Waals surface area contributed by atoms with Gasteiger partial charge in [0, 0.05) is 29.7 Å². The number of halogens is 2. The zero-order chi connectivity index (χ0) is 19.1. The van der Waals surface area contributed by atoms with Crippen molar-refractivity contribution in [2.24, 2.45) is 0 Å². The van der Waals surface area contributed by atoms with Crippen LogP contribution in [0, 0.1) is 0 Å². The molecule has 9 heteroatoms. The van der Waals surface area contributed by atoms with Crippen molar-refractivity contribution in [1.82, 2.24) is 24.9 Å². The fraction of sp³-hybridized carbons (Fsp3) is 0.421. The van der Waals surface area contributed by atoms with Gasteiger partial charge in [0.1, 0.15) is 6.33 Å². The Hall–Kier alpha value is -1.54. The Balaban J connectivity index is 1.43. The zero-order valence-electron chi connectivity index (χ0n) is 15.2. The second kappa shape index (κ2) is 7.37. The highest BCUT2D eigenvalue weighted by atomic mass is 35.5. The van der Waals surface area contributed by atoms with Crippen LogP contribution in [0.4, 0.5) is 5.95 Å². The third kappa shape index (κ3) is 3.24. The largest absolute Gasteiger partial charge is 0.342 e. The van der Waals surface area contributed by atoms with Crippen LogP contribution < -0.4 is 10.2 Å². The highest BCUT2D eigenvalue weighted by molar-refractivity contribution is 7.99. The summed E-state index contributed by atoms with van der Waals surface area (Å²) in [5.41, 5.74) is 1.12. The lowest BCUT2D eigenvalue weighted by Gasteiger charge is -2.40. The molecule has 2 fully saturated rings. The van der Waals surface area contributed by atoms with Crippen LogP contribution in [0.25, 0.3) is 5.65 Å². The molecule has 2 saturated heterocycles. The Morgan fingerprint density at radius 2 is 1.96 bits per heavy atom. The smallest absolute Gasteiger partial charge is 0.212 e. The van der Waals surface area contributed by atoms with Crippen molar-refractivity contribution in [3.8, 4) is 0 Å². The van der Waals surface area contributed by atoms with E-state index in [1.807, 2.05) is 22.7 Å². The maximum Gasteiger partial charge on any atom is 0.212 e. The molecule has 2 aromatic heterocycles. The Kier molecular flexibility index (Phi) is 4.87. The lowest BCUT2D eigenvalue weighted by Crippen LogP contribution is -2.50. The van der Waals surface area contributed by atoms with E-state index in [9.17, 15) is 0 Å². The molecule has 0 aliphatic carbocycles. The van der Waals surface area contributed by atoms with Crippen LogP contribution in [-0.4, -0.2) is 44.8 Å². The molecule has 6 nitrogen and oxygen atoms in total. The molecule has 1 aromatic carbocycles. The molecule has 0 amide bonds. The number of piperidine rings is 1. The summed E-state index contributed by atoms with van der Waals surface area (Å²) in [5.74, 6) is 0.898. The van der Waals surface area contributed by atoms with E-state index in [1.165, 1.54) is 24.6 Å². The quantitative estimate of drug-likeness (QED) is 0.662. The van der Waals surface area contributed by atoms with Gasteiger partial charge >= 0.3 is 0 Å². The predicted molar refractivity (Wildman–Crippen MR) is 113 cm³/mol. The standard InChI is InChI=1S/C19H20Cl2N6S/c20-13-3-1-4-14(16(13)21)28-15-11-22-18(27-12-24-25-17(15)27)26-9-6-19(7-10-26)5-2-8-23-19/h1,3-4,11-12,23H,2,5-10H2. The van der Waals surface area contributed by atoms with Gasteiger partial charge < -0.3 is 10.2 Å². The number of hydrogen-bond donors (Lipinski definition) is 1. The van der Waals surface area contributed by atoms with Gasteiger partial charge in [-0.1, -0.05) is 41.0 Å². The Bertz CT molecular complexity index is 1010. The number of rotatable bonds is 3. The number of anilines is 1. The third-order valence-electron chi connectivity index (χ3n) is 5.75. The van der Waals surface area contributed by atoms with E-state index in [0.717, 1.165) is 53.9 Å². The van der Waals surface area contributed by atoms with Crippen LogP contribution in [0.5, 0.6) is 0 Å². The van der Waals surface area contributed by atoms with Gasteiger partial charge in [-0.2, -0.15) is 0 Å². The van der Waals surface area contributed by atoms with Crippen LogP contribution in [0.2, 0.25) is 10.0 Å². The second-order valence-electron chi connectivity index (χ2n) is 7.40. The van der Waals surface area contributed by atoms with Crippen LogP contribution in [0.1, 0.15) is 25.7 Å². The van der Waals surface area contributed by atoms with Gasteiger partial charge in [-0.3, -0.25) is 0 Å². The molecule has 3 aromatic rings. The fourth-order valence-electron chi connectivity index (χ4n) is 4.20. The first-order valence-electron chi connectivity index (χ1n) is 9.46. The molecule has 28 heavy (non-hydrogen) atoms. The number of aromatic nitrogens is 4. The van der Waals surface area contributed by atoms with Crippen LogP contribution in [-0.2, 0) is 0 Å². The maximum absolute atomic E-state index is 6.35. The van der Waals surface area contributed by atoms with Crippen molar-refractivity contribution in [3.05, 3.63) is 40.8 Å².